The number of hydrogen-bond acceptors (Lipinski definition) is 4. The fraction of sp³-hybridized carbons (Fsp3) is 0.281. The average molecular weight is 633 g/mol. The summed E-state index contributed by atoms with van der Waals surface area (Å²) in [6, 6.07) is 21.8. The summed E-state index contributed by atoms with van der Waals surface area (Å²) in [6.07, 6.45) is 1.81. The first kappa shape index (κ1) is 28.8. The summed E-state index contributed by atoms with van der Waals surface area (Å²) in [4.78, 5) is 19.5. The number of hydrogen-bond donors (Lipinski definition) is 2. The second-order valence-corrected chi connectivity index (χ2v) is 12.4. The van der Waals surface area contributed by atoms with E-state index in [0.29, 0.717) is 16.5 Å². The van der Waals surface area contributed by atoms with Crippen molar-refractivity contribution in [2.75, 3.05) is 17.3 Å². The van der Waals surface area contributed by atoms with Gasteiger partial charge < -0.3 is 24.8 Å². The van der Waals surface area contributed by atoms with Crippen molar-refractivity contribution in [1.82, 2.24) is 14.9 Å². The van der Waals surface area contributed by atoms with Crippen molar-refractivity contribution < 1.29 is 9.53 Å². The van der Waals surface area contributed by atoms with Gasteiger partial charge in [0.05, 0.1) is 36.3 Å². The molecule has 5 rings (SSSR count). The summed E-state index contributed by atoms with van der Waals surface area (Å²) in [5, 5.41) is 7.13. The second kappa shape index (κ2) is 11.3. The third-order valence-electron chi connectivity index (χ3n) is 7.37. The molecule has 0 radical (unpaired) electrons. The Kier molecular flexibility index (Phi) is 7.94. The van der Waals surface area contributed by atoms with Gasteiger partial charge in [0.15, 0.2) is 5.11 Å². The first-order valence-electron chi connectivity index (χ1n) is 13.4. The zero-order valence-electron chi connectivity index (χ0n) is 24.0. The van der Waals surface area contributed by atoms with Crippen molar-refractivity contribution in [2.45, 2.75) is 46.7 Å². The van der Waals surface area contributed by atoms with Crippen molar-refractivity contribution in [3.63, 3.8) is 0 Å². The predicted octanol–water partition coefficient (Wildman–Crippen LogP) is 7.42. The molecule has 0 aliphatic carbocycles. The summed E-state index contributed by atoms with van der Waals surface area (Å²) < 4.78 is 9.02. The molecule has 1 saturated heterocycles. The van der Waals surface area contributed by atoms with Gasteiger partial charge in [-0.05, 0) is 90.0 Å². The van der Waals surface area contributed by atoms with Gasteiger partial charge in [-0.3, -0.25) is 9.78 Å². The zero-order chi connectivity index (χ0) is 29.5. The number of halogens is 1. The van der Waals surface area contributed by atoms with Crippen molar-refractivity contribution in [3.05, 3.63) is 100 Å². The molecule has 3 heterocycles. The van der Waals surface area contributed by atoms with Crippen LogP contribution in [-0.4, -0.2) is 27.7 Å². The Morgan fingerprint density at radius 2 is 1.80 bits per heavy atom. The zero-order valence-corrected chi connectivity index (χ0v) is 26.4. The summed E-state index contributed by atoms with van der Waals surface area (Å²) in [7, 11) is 1.60. The van der Waals surface area contributed by atoms with Crippen LogP contribution in [-0.2, 0) is 4.79 Å². The van der Waals surface area contributed by atoms with Crippen LogP contribution < -0.4 is 20.3 Å². The number of ether oxygens (including phenoxy) is 1. The Morgan fingerprint density at radius 3 is 2.46 bits per heavy atom. The molecule has 2 aromatic heterocycles. The quantitative estimate of drug-likeness (QED) is 0.216. The Hall–Kier alpha value is -3.69. The van der Waals surface area contributed by atoms with Gasteiger partial charge in [-0.15, -0.1) is 0 Å². The maximum atomic E-state index is 12.7. The summed E-state index contributed by atoms with van der Waals surface area (Å²) in [6.45, 7) is 9.90. The number of nitrogens with one attached hydrogen (secondary N) is 2. The summed E-state index contributed by atoms with van der Waals surface area (Å²) >= 11 is 9.70. The Labute approximate surface area is 255 Å². The maximum Gasteiger partial charge on any atom is 0.229 e. The number of nitrogens with zero attached hydrogens (tertiary/aromatic N) is 3. The van der Waals surface area contributed by atoms with Crippen LogP contribution in [0.4, 0.5) is 11.4 Å². The fourth-order valence-electron chi connectivity index (χ4n) is 5.28. The van der Waals surface area contributed by atoms with E-state index in [1.165, 1.54) is 0 Å². The van der Waals surface area contributed by atoms with Crippen LogP contribution in [0.1, 0.15) is 55.5 Å². The molecule has 0 bridgehead atoms. The van der Waals surface area contributed by atoms with Crippen LogP contribution in [0.25, 0.3) is 5.69 Å². The lowest BCUT2D eigenvalue weighted by Crippen LogP contribution is -2.30. The Morgan fingerprint density at radius 1 is 1.07 bits per heavy atom. The molecule has 2 atom stereocenters. The molecule has 41 heavy (non-hydrogen) atoms. The number of benzene rings is 2. The van der Waals surface area contributed by atoms with Crippen LogP contribution in [0, 0.1) is 19.3 Å². The van der Waals surface area contributed by atoms with Crippen LogP contribution in [0.2, 0.25) is 0 Å². The number of thiocarbonyl (C=S) groups is 1. The molecule has 0 spiro atoms. The van der Waals surface area contributed by atoms with Crippen LogP contribution in [0.3, 0.4) is 0 Å². The van der Waals surface area contributed by atoms with E-state index in [0.717, 1.165) is 38.5 Å². The van der Waals surface area contributed by atoms with Crippen LogP contribution >= 0.6 is 28.1 Å². The molecule has 212 valence electrons. The fourth-order valence-corrected chi connectivity index (χ4v) is 6.09. The third-order valence-corrected chi connectivity index (χ3v) is 8.36. The largest absolute Gasteiger partial charge is 0.494 e. The van der Waals surface area contributed by atoms with E-state index in [2.05, 4.69) is 68.1 Å². The number of rotatable bonds is 6. The highest BCUT2D eigenvalue weighted by Gasteiger charge is 2.42. The molecule has 2 N–H and O–H groups in total. The molecular formula is C32H34BrN5O2S. The van der Waals surface area contributed by atoms with Gasteiger partial charge >= 0.3 is 0 Å². The number of carbonyl (C=O) groups excluding carboxylic acids is 1. The molecule has 7 nitrogen and oxygen atoms in total. The number of pyridine rings is 1. The predicted molar refractivity (Wildman–Crippen MR) is 172 cm³/mol. The number of carbonyl (C=O) groups is 1. The molecular weight excluding hydrogens is 598 g/mol. The Balaban J connectivity index is 1.64. The van der Waals surface area contributed by atoms with E-state index in [1.807, 2.05) is 69.3 Å². The summed E-state index contributed by atoms with van der Waals surface area (Å²) in [5.74, 6) is 0.469. The van der Waals surface area contributed by atoms with Crippen LogP contribution in [0.5, 0.6) is 5.75 Å². The van der Waals surface area contributed by atoms with Crippen LogP contribution in [0.15, 0.2) is 77.4 Å². The standard InChI is InChI=1S/C32H34BrN5O2S/c1-19-17-22(20(2)37(19)26-13-8-7-11-23(26)33)29-28(25-12-9-10-16-34-25)36-31(41)38(29)21-14-15-24(27(18-21)40-6)35-30(39)32(3,4)5/h7-18,28-29H,1-6H3,(H,35,39)(H,36,41)/t28-,29+/m1/s1. The number of aryl methyl sites for hydroxylation is 1. The van der Waals surface area contributed by atoms with Crippen molar-refractivity contribution >= 4 is 50.5 Å². The van der Waals surface area contributed by atoms with Gasteiger partial charge in [0.2, 0.25) is 5.91 Å². The molecule has 2 aromatic carbocycles. The van der Waals surface area contributed by atoms with Gasteiger partial charge in [0.25, 0.3) is 0 Å². The van der Waals surface area contributed by atoms with Crippen molar-refractivity contribution in [3.8, 4) is 11.4 Å². The number of amides is 1. The van der Waals surface area contributed by atoms with Crippen molar-refractivity contribution in [2.24, 2.45) is 5.41 Å². The van der Waals surface area contributed by atoms with E-state index in [4.69, 9.17) is 21.9 Å². The molecule has 1 amide bonds. The average Bonchev–Trinajstić information content (AvgIpc) is 3.44. The first-order valence-corrected chi connectivity index (χ1v) is 14.6. The topological polar surface area (TPSA) is 71.4 Å². The molecule has 1 fully saturated rings. The maximum absolute atomic E-state index is 12.7. The van der Waals surface area contributed by atoms with E-state index in [1.54, 1.807) is 13.3 Å². The number of aromatic nitrogens is 2. The monoisotopic (exact) mass is 631 g/mol. The molecule has 1 aliphatic heterocycles. The van der Waals surface area contributed by atoms with E-state index >= 15 is 0 Å². The van der Waals surface area contributed by atoms with Gasteiger partial charge in [-0.25, -0.2) is 0 Å². The van der Waals surface area contributed by atoms with Gasteiger partial charge in [-0.1, -0.05) is 39.0 Å². The smallest absolute Gasteiger partial charge is 0.229 e. The lowest BCUT2D eigenvalue weighted by atomic mass is 9.95. The minimum Gasteiger partial charge on any atom is -0.494 e. The molecule has 0 unspecified atom stereocenters. The summed E-state index contributed by atoms with van der Waals surface area (Å²) in [5.41, 5.74) is 6.24. The minimum atomic E-state index is -0.540. The second-order valence-electron chi connectivity index (χ2n) is 11.2. The highest BCUT2D eigenvalue weighted by Crippen LogP contribution is 2.45. The molecule has 1 aliphatic rings. The first-order chi connectivity index (χ1) is 19.5. The van der Waals surface area contributed by atoms with Gasteiger partial charge in [-0.2, -0.15) is 0 Å². The normalized spacial score (nSPS) is 17.0. The van der Waals surface area contributed by atoms with E-state index in [-0.39, 0.29) is 18.0 Å². The van der Waals surface area contributed by atoms with E-state index < -0.39 is 5.41 Å². The van der Waals surface area contributed by atoms with E-state index in [9.17, 15) is 4.79 Å². The molecule has 4 aromatic rings. The number of anilines is 2. The van der Waals surface area contributed by atoms with Gasteiger partial charge in [0.1, 0.15) is 5.75 Å². The lowest BCUT2D eigenvalue weighted by molar-refractivity contribution is -0.123. The van der Waals surface area contributed by atoms with Gasteiger partial charge in [0, 0.05) is 39.2 Å². The highest BCUT2D eigenvalue weighted by molar-refractivity contribution is 9.10. The highest BCUT2D eigenvalue weighted by atomic mass is 79.9. The third kappa shape index (κ3) is 5.48. The van der Waals surface area contributed by atoms with Crippen molar-refractivity contribution in [1.29, 1.82) is 0 Å². The number of methoxy groups -OCH3 is 1. The number of para-hydroxylation sites is 1. The molecule has 9 heteroatoms. The Bertz CT molecular complexity index is 1610. The lowest BCUT2D eigenvalue weighted by Gasteiger charge is -2.29. The SMILES string of the molecule is COc1cc(N2C(=S)N[C@H](c3ccccn3)[C@@H]2c2cc(C)n(-c3ccccc3Br)c2C)ccc1NC(=O)C(C)(C)C. The molecule has 0 saturated carbocycles. The minimum absolute atomic E-state index is 0.0884.